The van der Waals surface area contributed by atoms with Crippen LogP contribution in [0.15, 0.2) is 0 Å². The van der Waals surface area contributed by atoms with E-state index in [0.29, 0.717) is 0 Å². The summed E-state index contributed by atoms with van der Waals surface area (Å²) in [6.45, 7) is 4.55. The molecule has 0 aromatic carbocycles. The van der Waals surface area contributed by atoms with Crippen LogP contribution in [0.25, 0.3) is 0 Å². The van der Waals surface area contributed by atoms with Crippen molar-refractivity contribution in [2.75, 3.05) is 5.75 Å². The third-order valence-corrected chi connectivity index (χ3v) is 10.9. The second kappa shape index (κ2) is 32.4. The second-order valence-corrected chi connectivity index (χ2v) is 20.6. The second-order valence-electron chi connectivity index (χ2n) is 13.2. The molecule has 0 N–H and O–H groups in total. The first kappa shape index (κ1) is 38.9. The van der Waals surface area contributed by atoms with Gasteiger partial charge in [0.25, 0.3) is 0 Å². The SMILES string of the molecule is C[Si](C)(Cl)CCCCCCCCCCCCCCCCCCCCCCCCCCCCCCCCCS. The molecule has 0 saturated heterocycles. The highest BCUT2D eigenvalue weighted by atomic mass is 35.6. The molecule has 38 heavy (non-hydrogen) atoms. The van der Waals surface area contributed by atoms with Gasteiger partial charge >= 0.3 is 0 Å². The zero-order valence-electron chi connectivity index (χ0n) is 26.7. The topological polar surface area (TPSA) is 0 Å². The van der Waals surface area contributed by atoms with Gasteiger partial charge in [0.15, 0.2) is 0 Å². The normalized spacial score (nSPS) is 12.0. The third kappa shape index (κ3) is 36.9. The van der Waals surface area contributed by atoms with Gasteiger partial charge in [-0.05, 0) is 18.2 Å². The van der Waals surface area contributed by atoms with Crippen molar-refractivity contribution in [2.24, 2.45) is 0 Å². The lowest BCUT2D eigenvalue weighted by atomic mass is 10.0. The monoisotopic (exact) mass is 588 g/mol. The molecule has 0 aliphatic heterocycles. The highest BCUT2D eigenvalue weighted by molar-refractivity contribution is 7.80. The summed E-state index contributed by atoms with van der Waals surface area (Å²) in [4.78, 5) is 0. The van der Waals surface area contributed by atoms with Crippen molar-refractivity contribution in [3.8, 4) is 0 Å². The Morgan fingerprint density at radius 3 is 0.632 bits per heavy atom. The number of hydrogen-bond donors (Lipinski definition) is 1. The van der Waals surface area contributed by atoms with Crippen molar-refractivity contribution in [1.29, 1.82) is 0 Å². The number of thiol groups is 1. The first-order valence-corrected chi connectivity index (χ1v) is 22.7. The van der Waals surface area contributed by atoms with E-state index in [9.17, 15) is 0 Å². The lowest BCUT2D eigenvalue weighted by molar-refractivity contribution is 0.513. The zero-order chi connectivity index (χ0) is 27.8. The Morgan fingerprint density at radius 2 is 0.474 bits per heavy atom. The van der Waals surface area contributed by atoms with E-state index in [1.165, 1.54) is 205 Å². The largest absolute Gasteiger partial charge is 0.179 e. The molecular weight excluding hydrogens is 516 g/mol. The van der Waals surface area contributed by atoms with Crippen molar-refractivity contribution in [1.82, 2.24) is 0 Å². The molecule has 0 atom stereocenters. The highest BCUT2D eigenvalue weighted by Crippen LogP contribution is 2.20. The maximum absolute atomic E-state index is 6.39. The molecule has 0 aromatic rings. The minimum absolute atomic E-state index is 1.07. The van der Waals surface area contributed by atoms with Gasteiger partial charge in [0.1, 0.15) is 7.38 Å². The van der Waals surface area contributed by atoms with E-state index in [2.05, 4.69) is 25.7 Å². The van der Waals surface area contributed by atoms with Gasteiger partial charge in [-0.1, -0.05) is 206 Å². The van der Waals surface area contributed by atoms with Gasteiger partial charge in [0.2, 0.25) is 0 Å². The van der Waals surface area contributed by atoms with E-state index < -0.39 is 7.38 Å². The molecule has 0 rings (SSSR count). The first-order chi connectivity index (χ1) is 18.6. The number of hydrogen-bond acceptors (Lipinski definition) is 1. The summed E-state index contributed by atoms with van der Waals surface area (Å²) in [5.41, 5.74) is 0. The van der Waals surface area contributed by atoms with E-state index in [1.807, 2.05) is 0 Å². The summed E-state index contributed by atoms with van der Waals surface area (Å²) in [7, 11) is -1.31. The van der Waals surface area contributed by atoms with Gasteiger partial charge < -0.3 is 0 Å². The lowest BCUT2D eigenvalue weighted by Crippen LogP contribution is -2.14. The van der Waals surface area contributed by atoms with Crippen molar-refractivity contribution in [3.63, 3.8) is 0 Å². The van der Waals surface area contributed by atoms with Crippen LogP contribution in [0.3, 0.4) is 0 Å². The minimum atomic E-state index is -1.31. The summed E-state index contributed by atoms with van der Waals surface area (Å²) in [6.07, 6.45) is 45.2. The van der Waals surface area contributed by atoms with E-state index in [1.54, 1.807) is 0 Å². The van der Waals surface area contributed by atoms with E-state index >= 15 is 0 Å². The van der Waals surface area contributed by atoms with Gasteiger partial charge in [-0.25, -0.2) is 0 Å². The predicted molar refractivity (Wildman–Crippen MR) is 185 cm³/mol. The van der Waals surface area contributed by atoms with Crippen molar-refractivity contribution in [2.45, 2.75) is 218 Å². The van der Waals surface area contributed by atoms with Gasteiger partial charge in [-0.2, -0.15) is 23.7 Å². The van der Waals surface area contributed by atoms with E-state index in [4.69, 9.17) is 11.1 Å². The fourth-order valence-corrected chi connectivity index (χ4v) is 7.50. The molecule has 0 nitrogen and oxygen atoms in total. The maximum atomic E-state index is 6.39. The molecule has 0 aliphatic carbocycles. The van der Waals surface area contributed by atoms with Crippen LogP contribution in [0.5, 0.6) is 0 Å². The molecule has 0 aliphatic rings. The highest BCUT2D eigenvalue weighted by Gasteiger charge is 2.15. The molecule has 0 radical (unpaired) electrons. The summed E-state index contributed by atoms with van der Waals surface area (Å²) < 4.78 is 0. The van der Waals surface area contributed by atoms with Gasteiger partial charge in [0.05, 0.1) is 0 Å². The molecule has 3 heteroatoms. The van der Waals surface area contributed by atoms with Crippen LogP contribution < -0.4 is 0 Å². The number of halogens is 1. The predicted octanol–water partition coefficient (Wildman–Crippen LogP) is 14.5. The van der Waals surface area contributed by atoms with Crippen LogP contribution in [0.4, 0.5) is 0 Å². The number of unbranched alkanes of at least 4 members (excludes halogenated alkanes) is 30. The quantitative estimate of drug-likeness (QED) is 0.0335. The molecule has 230 valence electrons. The third-order valence-electron chi connectivity index (χ3n) is 8.43. The summed E-state index contributed by atoms with van der Waals surface area (Å²) in [5.74, 6) is 1.07. The van der Waals surface area contributed by atoms with Crippen molar-refractivity contribution in [3.05, 3.63) is 0 Å². The lowest BCUT2D eigenvalue weighted by Gasteiger charge is -2.11. The molecule has 0 amide bonds. The zero-order valence-corrected chi connectivity index (χ0v) is 29.3. The van der Waals surface area contributed by atoms with Crippen molar-refractivity contribution < 1.29 is 0 Å². The standard InChI is InChI=1S/C35H73ClSSi/c1-38(2,36)35-33-31-29-27-25-23-21-19-17-15-13-11-9-7-5-3-4-6-8-10-12-14-16-18-20-22-24-26-28-30-32-34-37/h37H,3-35H2,1-2H3. The first-order valence-electron chi connectivity index (χ1n) is 17.9. The van der Waals surface area contributed by atoms with Crippen molar-refractivity contribution >= 4 is 31.1 Å². The summed E-state index contributed by atoms with van der Waals surface area (Å²) >= 11 is 10.7. The Hall–Kier alpha value is 0.857. The molecule has 0 aromatic heterocycles. The average molecular weight is 590 g/mol. The van der Waals surface area contributed by atoms with Crippen LogP contribution in [0.2, 0.25) is 19.1 Å². The Morgan fingerprint density at radius 1 is 0.316 bits per heavy atom. The van der Waals surface area contributed by atoms with Crippen LogP contribution in [-0.2, 0) is 0 Å². The molecule has 0 unspecified atom stereocenters. The molecule has 0 bridgehead atoms. The fraction of sp³-hybridized carbons (Fsp3) is 1.00. The van der Waals surface area contributed by atoms with Crippen LogP contribution in [-0.4, -0.2) is 13.1 Å². The molecular formula is C35H73ClSSi. The number of rotatable bonds is 33. The van der Waals surface area contributed by atoms with Gasteiger partial charge in [-0.3, -0.25) is 0 Å². The van der Waals surface area contributed by atoms with Crippen LogP contribution in [0.1, 0.15) is 199 Å². The van der Waals surface area contributed by atoms with Crippen LogP contribution >= 0.6 is 23.7 Å². The summed E-state index contributed by atoms with van der Waals surface area (Å²) in [6, 6.07) is 1.30. The molecule has 0 heterocycles. The molecule has 0 fully saturated rings. The van der Waals surface area contributed by atoms with E-state index in [-0.39, 0.29) is 0 Å². The smallest absolute Gasteiger partial charge is 0.150 e. The fourth-order valence-electron chi connectivity index (χ4n) is 5.78. The van der Waals surface area contributed by atoms with E-state index in [0.717, 1.165) is 5.75 Å². The molecule has 0 saturated carbocycles. The Kier molecular flexibility index (Phi) is 33.1. The average Bonchev–Trinajstić information content (AvgIpc) is 2.88. The Balaban J connectivity index is 3.04. The minimum Gasteiger partial charge on any atom is -0.179 e. The Labute approximate surface area is 254 Å². The van der Waals surface area contributed by atoms with Gasteiger partial charge in [0, 0.05) is 0 Å². The Bertz CT molecular complexity index is 423. The maximum Gasteiger partial charge on any atom is 0.150 e. The molecule has 0 spiro atoms. The van der Waals surface area contributed by atoms with Crippen LogP contribution in [0, 0.1) is 0 Å². The summed E-state index contributed by atoms with van der Waals surface area (Å²) in [5, 5.41) is 0. The van der Waals surface area contributed by atoms with Gasteiger partial charge in [-0.15, -0.1) is 0 Å².